The third-order valence-electron chi connectivity index (χ3n) is 4.38. The molecule has 1 saturated heterocycles. The molecule has 0 aromatic heterocycles. The number of nitrogens with zero attached hydrogens (tertiary/aromatic N) is 2. The minimum atomic E-state index is -2.85. The molecule has 1 heterocycles. The summed E-state index contributed by atoms with van der Waals surface area (Å²) in [7, 11) is -2.85. The number of guanidine groups is 1. The summed E-state index contributed by atoms with van der Waals surface area (Å²) in [6, 6.07) is 2.51. The summed E-state index contributed by atoms with van der Waals surface area (Å²) in [4.78, 5) is 4.56. The Bertz CT molecular complexity index is 544. The van der Waals surface area contributed by atoms with Gasteiger partial charge in [-0.15, -0.1) is 24.0 Å². The van der Waals surface area contributed by atoms with Gasteiger partial charge in [-0.25, -0.2) is 8.42 Å². The highest BCUT2D eigenvalue weighted by molar-refractivity contribution is 14.0. The maximum atomic E-state index is 11.5. The van der Waals surface area contributed by atoms with Crippen LogP contribution in [0.3, 0.4) is 0 Å². The van der Waals surface area contributed by atoms with Gasteiger partial charge in [0.15, 0.2) is 15.8 Å². The molecule has 0 aromatic rings. The highest BCUT2D eigenvalue weighted by atomic mass is 127. The van der Waals surface area contributed by atoms with Crippen molar-refractivity contribution < 1.29 is 8.42 Å². The van der Waals surface area contributed by atoms with Crippen molar-refractivity contribution >= 4 is 39.8 Å². The lowest BCUT2D eigenvalue weighted by molar-refractivity contribution is 0.527. The predicted molar refractivity (Wildman–Crippen MR) is 103 cm³/mol. The minimum Gasteiger partial charge on any atom is -0.356 e. The summed E-state index contributed by atoms with van der Waals surface area (Å²) in [5.41, 5.74) is 0. The zero-order chi connectivity index (χ0) is 16.0. The Kier molecular flexibility index (Phi) is 8.61. The number of nitrogens with one attached hydrogen (secondary N) is 2. The normalized spacial score (nSPS) is 29.6. The van der Waals surface area contributed by atoms with E-state index in [-0.39, 0.29) is 53.4 Å². The molecule has 1 aliphatic heterocycles. The Morgan fingerprint density at radius 3 is 2.74 bits per heavy atom. The maximum Gasteiger partial charge on any atom is 0.191 e. The molecule has 6 nitrogen and oxygen atoms in total. The van der Waals surface area contributed by atoms with Crippen LogP contribution in [-0.4, -0.2) is 45.0 Å². The summed E-state index contributed by atoms with van der Waals surface area (Å²) >= 11 is 0. The molecule has 0 spiro atoms. The van der Waals surface area contributed by atoms with E-state index in [2.05, 4.69) is 28.6 Å². The Morgan fingerprint density at radius 2 is 2.13 bits per heavy atom. The minimum absolute atomic E-state index is 0. The molecule has 0 bridgehead atoms. The lowest BCUT2D eigenvalue weighted by Gasteiger charge is -2.20. The van der Waals surface area contributed by atoms with Crippen molar-refractivity contribution in [2.24, 2.45) is 16.8 Å². The summed E-state index contributed by atoms with van der Waals surface area (Å²) in [5.74, 6) is 1.43. The van der Waals surface area contributed by atoms with Crippen LogP contribution in [0, 0.1) is 23.2 Å². The van der Waals surface area contributed by atoms with Crippen molar-refractivity contribution in [3.63, 3.8) is 0 Å². The standard InChI is InChI=1S/C15H26N4O2S.HI/c1-2-7-17-15(19-14-5-3-4-13(14)9-16)18-10-12-6-8-22(20,21)11-12;/h12-14H,2-8,10-11H2,1H3,(H2,17,18,19);1H. The van der Waals surface area contributed by atoms with E-state index >= 15 is 0 Å². The predicted octanol–water partition coefficient (Wildman–Crippen LogP) is 1.68. The van der Waals surface area contributed by atoms with Crippen molar-refractivity contribution in [1.29, 1.82) is 5.26 Å². The van der Waals surface area contributed by atoms with Gasteiger partial charge >= 0.3 is 0 Å². The lowest BCUT2D eigenvalue weighted by Crippen LogP contribution is -2.45. The van der Waals surface area contributed by atoms with E-state index in [1.54, 1.807) is 0 Å². The van der Waals surface area contributed by atoms with Crippen LogP contribution in [0.25, 0.3) is 0 Å². The second kappa shape index (κ2) is 9.67. The molecule has 8 heteroatoms. The highest BCUT2D eigenvalue weighted by Crippen LogP contribution is 2.24. The van der Waals surface area contributed by atoms with E-state index in [1.165, 1.54) is 0 Å². The Morgan fingerprint density at radius 1 is 1.35 bits per heavy atom. The molecule has 1 saturated carbocycles. The van der Waals surface area contributed by atoms with Crippen LogP contribution in [0.4, 0.5) is 0 Å². The topological polar surface area (TPSA) is 94.3 Å². The molecule has 0 amide bonds. The fourth-order valence-corrected chi connectivity index (χ4v) is 4.94. The van der Waals surface area contributed by atoms with E-state index in [0.29, 0.717) is 13.0 Å². The number of halogens is 1. The number of nitriles is 1. The smallest absolute Gasteiger partial charge is 0.191 e. The van der Waals surface area contributed by atoms with Crippen molar-refractivity contribution in [2.75, 3.05) is 24.6 Å². The number of sulfone groups is 1. The van der Waals surface area contributed by atoms with Gasteiger partial charge in [-0.1, -0.05) is 6.92 Å². The first-order valence-corrected chi connectivity index (χ1v) is 10.0. The fraction of sp³-hybridized carbons (Fsp3) is 0.867. The van der Waals surface area contributed by atoms with E-state index in [9.17, 15) is 8.42 Å². The fourth-order valence-electron chi connectivity index (χ4n) is 3.10. The first kappa shape index (κ1) is 20.5. The number of hydrogen-bond donors (Lipinski definition) is 2. The summed E-state index contributed by atoms with van der Waals surface area (Å²) < 4.78 is 23.0. The summed E-state index contributed by atoms with van der Waals surface area (Å²) in [5, 5.41) is 15.8. The molecule has 2 N–H and O–H groups in total. The maximum absolute atomic E-state index is 11.5. The average molecular weight is 454 g/mol. The van der Waals surface area contributed by atoms with Crippen LogP contribution in [0.5, 0.6) is 0 Å². The molecule has 0 aromatic carbocycles. The molecule has 3 atom stereocenters. The van der Waals surface area contributed by atoms with Gasteiger partial charge < -0.3 is 10.6 Å². The number of hydrogen-bond acceptors (Lipinski definition) is 4. The Hall–Kier alpha value is -0.560. The molecule has 23 heavy (non-hydrogen) atoms. The van der Waals surface area contributed by atoms with Gasteiger partial charge in [0.1, 0.15) is 0 Å². The summed E-state index contributed by atoms with van der Waals surface area (Å²) in [6.07, 6.45) is 4.69. The second-order valence-electron chi connectivity index (χ2n) is 6.30. The summed E-state index contributed by atoms with van der Waals surface area (Å²) in [6.45, 7) is 3.43. The van der Waals surface area contributed by atoms with Crippen LogP contribution in [0.15, 0.2) is 4.99 Å². The second-order valence-corrected chi connectivity index (χ2v) is 8.53. The van der Waals surface area contributed by atoms with Gasteiger partial charge in [-0.05, 0) is 38.0 Å². The SMILES string of the molecule is CCCNC(=NCC1CCS(=O)(=O)C1)NC1CCCC1C#N.I. The van der Waals surface area contributed by atoms with Gasteiger partial charge in [-0.3, -0.25) is 4.99 Å². The van der Waals surface area contributed by atoms with Gasteiger partial charge in [0.2, 0.25) is 0 Å². The number of aliphatic imine (C=N–C) groups is 1. The molecule has 2 aliphatic rings. The number of rotatable bonds is 5. The zero-order valence-electron chi connectivity index (χ0n) is 13.6. The van der Waals surface area contributed by atoms with Crippen molar-refractivity contribution in [3.8, 4) is 6.07 Å². The average Bonchev–Trinajstić information content (AvgIpc) is 3.07. The molecular formula is C15H27IN4O2S. The monoisotopic (exact) mass is 454 g/mol. The van der Waals surface area contributed by atoms with Crippen LogP contribution >= 0.6 is 24.0 Å². The van der Waals surface area contributed by atoms with Crippen molar-refractivity contribution in [2.45, 2.75) is 45.1 Å². The van der Waals surface area contributed by atoms with Crippen LogP contribution in [0.2, 0.25) is 0 Å². The lowest BCUT2D eigenvalue weighted by atomic mass is 10.1. The van der Waals surface area contributed by atoms with E-state index in [1.807, 2.05) is 0 Å². The molecule has 0 radical (unpaired) electrons. The van der Waals surface area contributed by atoms with Crippen molar-refractivity contribution in [3.05, 3.63) is 0 Å². The van der Waals surface area contributed by atoms with Crippen LogP contribution in [-0.2, 0) is 9.84 Å². The molecule has 1 aliphatic carbocycles. The highest BCUT2D eigenvalue weighted by Gasteiger charge is 2.29. The van der Waals surface area contributed by atoms with E-state index in [4.69, 9.17) is 5.26 Å². The Labute approximate surface area is 156 Å². The van der Waals surface area contributed by atoms with E-state index in [0.717, 1.165) is 38.2 Å². The first-order valence-electron chi connectivity index (χ1n) is 8.19. The quantitative estimate of drug-likeness (QED) is 0.375. The Balaban J connectivity index is 0.00000264. The largest absolute Gasteiger partial charge is 0.356 e. The van der Waals surface area contributed by atoms with Gasteiger partial charge in [0.25, 0.3) is 0 Å². The van der Waals surface area contributed by atoms with E-state index < -0.39 is 9.84 Å². The molecule has 2 rings (SSSR count). The van der Waals surface area contributed by atoms with Gasteiger partial charge in [-0.2, -0.15) is 5.26 Å². The van der Waals surface area contributed by atoms with Gasteiger partial charge in [0.05, 0.1) is 23.5 Å². The van der Waals surface area contributed by atoms with Crippen LogP contribution < -0.4 is 10.6 Å². The van der Waals surface area contributed by atoms with Gasteiger partial charge in [0, 0.05) is 19.1 Å². The first-order chi connectivity index (χ1) is 10.5. The molecule has 3 unspecified atom stereocenters. The molecule has 132 valence electrons. The molecular weight excluding hydrogens is 427 g/mol. The van der Waals surface area contributed by atoms with Crippen molar-refractivity contribution in [1.82, 2.24) is 10.6 Å². The third kappa shape index (κ3) is 6.45. The molecule has 2 fully saturated rings. The van der Waals surface area contributed by atoms with Crippen LogP contribution in [0.1, 0.15) is 39.0 Å². The zero-order valence-corrected chi connectivity index (χ0v) is 16.8. The third-order valence-corrected chi connectivity index (χ3v) is 6.22.